The summed E-state index contributed by atoms with van der Waals surface area (Å²) in [5.41, 5.74) is 12.2. The van der Waals surface area contributed by atoms with Crippen LogP contribution in [0.15, 0.2) is 174 Å². The summed E-state index contributed by atoms with van der Waals surface area (Å²) in [5, 5.41) is 11.0. The highest BCUT2D eigenvalue weighted by Crippen LogP contribution is 2.47. The molecule has 0 radical (unpaired) electrons. The van der Waals surface area contributed by atoms with Crippen LogP contribution in [0.1, 0.15) is 0 Å². The van der Waals surface area contributed by atoms with Gasteiger partial charge in [-0.05, 0) is 65.4 Å². The topological polar surface area (TPSA) is 48.3 Å². The van der Waals surface area contributed by atoms with Gasteiger partial charge in [0.15, 0.2) is 11.4 Å². The summed E-state index contributed by atoms with van der Waals surface area (Å²) >= 11 is 0. The van der Waals surface area contributed by atoms with Gasteiger partial charge in [0.25, 0.3) is 0 Å². The summed E-state index contributed by atoms with van der Waals surface area (Å²) in [6.45, 7) is 0. The smallest absolute Gasteiger partial charge is 0.180 e. The zero-order chi connectivity index (χ0) is 35.8. The molecule has 5 heteroatoms. The van der Waals surface area contributed by atoms with E-state index in [4.69, 9.17) is 14.4 Å². The SMILES string of the molecule is c1ccc(-c2nc(-c3ccc(-n4c5ccccc5c5cc6c7ccccc7n7c8cc9ccccc9cc8c(c54)c67)cc3)c3oc4ccccc4c3n2)cc1. The first-order valence-electron chi connectivity index (χ1n) is 18.7. The quantitative estimate of drug-likeness (QED) is 0.184. The molecule has 0 saturated carbocycles. The van der Waals surface area contributed by atoms with Crippen molar-refractivity contribution in [2.24, 2.45) is 0 Å². The fraction of sp³-hybridized carbons (Fsp3) is 0. The number of furan rings is 1. The van der Waals surface area contributed by atoms with Gasteiger partial charge in [0.05, 0.1) is 27.6 Å². The van der Waals surface area contributed by atoms with Crippen molar-refractivity contribution in [3.8, 4) is 28.3 Å². The van der Waals surface area contributed by atoms with Crippen LogP contribution in [0.25, 0.3) is 121 Å². The molecular formula is C50H28N4O. The van der Waals surface area contributed by atoms with E-state index in [1.165, 1.54) is 70.7 Å². The van der Waals surface area contributed by atoms with E-state index in [-0.39, 0.29) is 0 Å². The third kappa shape index (κ3) is 3.86. The lowest BCUT2D eigenvalue weighted by Gasteiger charge is -2.11. The predicted molar refractivity (Wildman–Crippen MR) is 227 cm³/mol. The number of aromatic nitrogens is 4. The van der Waals surface area contributed by atoms with Crippen molar-refractivity contribution in [2.45, 2.75) is 0 Å². The molecule has 0 N–H and O–H groups in total. The van der Waals surface area contributed by atoms with E-state index in [1.807, 2.05) is 36.4 Å². The molecule has 55 heavy (non-hydrogen) atoms. The average Bonchev–Trinajstić information content (AvgIpc) is 3.98. The number of hydrogen-bond donors (Lipinski definition) is 0. The molecule has 5 heterocycles. The second-order valence-electron chi connectivity index (χ2n) is 14.6. The minimum atomic E-state index is 0.676. The van der Waals surface area contributed by atoms with E-state index in [9.17, 15) is 0 Å². The molecule has 0 amide bonds. The minimum absolute atomic E-state index is 0.676. The monoisotopic (exact) mass is 700 g/mol. The molecule has 0 bridgehead atoms. The maximum absolute atomic E-state index is 6.48. The van der Waals surface area contributed by atoms with E-state index < -0.39 is 0 Å². The Morgan fingerprint density at radius 3 is 1.91 bits per heavy atom. The number of rotatable bonds is 3. The first-order valence-corrected chi connectivity index (χ1v) is 18.7. The molecule has 13 rings (SSSR count). The van der Waals surface area contributed by atoms with Crippen molar-refractivity contribution in [2.75, 3.05) is 0 Å². The maximum atomic E-state index is 6.48. The summed E-state index contributed by atoms with van der Waals surface area (Å²) in [6, 6.07) is 60.6. The summed E-state index contributed by atoms with van der Waals surface area (Å²) in [5.74, 6) is 0.676. The maximum Gasteiger partial charge on any atom is 0.180 e. The zero-order valence-corrected chi connectivity index (χ0v) is 29.4. The van der Waals surface area contributed by atoms with Crippen LogP contribution in [0.4, 0.5) is 0 Å². The Morgan fingerprint density at radius 1 is 0.436 bits per heavy atom. The molecule has 0 fully saturated rings. The van der Waals surface area contributed by atoms with E-state index in [0.717, 1.165) is 39.0 Å². The molecule has 5 aromatic heterocycles. The second kappa shape index (κ2) is 10.6. The lowest BCUT2D eigenvalue weighted by atomic mass is 10.0. The largest absolute Gasteiger partial charge is 0.452 e. The fourth-order valence-corrected chi connectivity index (χ4v) is 9.23. The number of benzene rings is 8. The van der Waals surface area contributed by atoms with Gasteiger partial charge in [-0.25, -0.2) is 9.97 Å². The second-order valence-corrected chi connectivity index (χ2v) is 14.6. The molecule has 0 atom stereocenters. The van der Waals surface area contributed by atoms with E-state index in [0.29, 0.717) is 11.4 Å². The summed E-state index contributed by atoms with van der Waals surface area (Å²) in [7, 11) is 0. The van der Waals surface area contributed by atoms with Crippen LogP contribution in [0, 0.1) is 0 Å². The van der Waals surface area contributed by atoms with Gasteiger partial charge in [-0.1, -0.05) is 115 Å². The third-order valence-electron chi connectivity index (χ3n) is 11.6. The van der Waals surface area contributed by atoms with Gasteiger partial charge in [0, 0.05) is 54.5 Å². The number of fused-ring (bicyclic) bond motifs is 14. The Labute approximate surface area is 313 Å². The normalized spacial score (nSPS) is 12.4. The van der Waals surface area contributed by atoms with E-state index in [1.54, 1.807) is 0 Å². The fourth-order valence-electron chi connectivity index (χ4n) is 9.23. The highest BCUT2D eigenvalue weighted by molar-refractivity contribution is 6.35. The highest BCUT2D eigenvalue weighted by atomic mass is 16.3. The van der Waals surface area contributed by atoms with Crippen LogP contribution in [0.2, 0.25) is 0 Å². The van der Waals surface area contributed by atoms with Gasteiger partial charge >= 0.3 is 0 Å². The number of nitrogens with zero attached hydrogens (tertiary/aromatic N) is 4. The van der Waals surface area contributed by atoms with Gasteiger partial charge in [0.2, 0.25) is 0 Å². The van der Waals surface area contributed by atoms with Crippen LogP contribution in [0.5, 0.6) is 0 Å². The highest BCUT2D eigenvalue weighted by Gasteiger charge is 2.25. The first-order chi connectivity index (χ1) is 27.3. The van der Waals surface area contributed by atoms with Crippen molar-refractivity contribution >= 4 is 92.7 Å². The van der Waals surface area contributed by atoms with Gasteiger partial charge < -0.3 is 13.4 Å². The Balaban J connectivity index is 1.11. The Hall–Kier alpha value is -7.50. The third-order valence-corrected chi connectivity index (χ3v) is 11.6. The van der Waals surface area contributed by atoms with Crippen LogP contribution < -0.4 is 0 Å². The molecule has 0 aliphatic heterocycles. The van der Waals surface area contributed by atoms with Crippen molar-refractivity contribution in [1.82, 2.24) is 18.9 Å². The molecule has 0 aliphatic rings. The molecule has 0 unspecified atom stereocenters. The van der Waals surface area contributed by atoms with Crippen LogP contribution in [-0.4, -0.2) is 18.9 Å². The lowest BCUT2D eigenvalue weighted by molar-refractivity contribution is 0.667. The zero-order valence-electron chi connectivity index (χ0n) is 29.4. The molecule has 8 aromatic carbocycles. The molecule has 0 spiro atoms. The standard InChI is InChI=1S/C50H28N4O/c1-2-12-30(13-3-1)50-51-45(49-46(52-50)36-18-8-11-21-43(36)55-49)29-22-24-33(25-23-29)53-40-19-9-6-16-34(40)37-28-38-35-17-7-10-20-41(35)54-42-27-32-15-5-4-14-31(32)26-39(42)44(47(37)53)48(38)54/h1-28H. The molecule has 5 nitrogen and oxygen atoms in total. The van der Waals surface area contributed by atoms with Crippen molar-refractivity contribution in [3.05, 3.63) is 170 Å². The molecular weight excluding hydrogens is 673 g/mol. The summed E-state index contributed by atoms with van der Waals surface area (Å²) < 4.78 is 11.4. The molecule has 0 aliphatic carbocycles. The van der Waals surface area contributed by atoms with Gasteiger partial charge in [0.1, 0.15) is 16.8 Å². The summed E-state index contributed by atoms with van der Waals surface area (Å²) in [4.78, 5) is 10.2. The first kappa shape index (κ1) is 29.0. The van der Waals surface area contributed by atoms with Gasteiger partial charge in [-0.3, -0.25) is 0 Å². The van der Waals surface area contributed by atoms with Crippen molar-refractivity contribution in [3.63, 3.8) is 0 Å². The Kier molecular flexibility index (Phi) is 5.57. The van der Waals surface area contributed by atoms with E-state index in [2.05, 4.69) is 142 Å². The van der Waals surface area contributed by atoms with Gasteiger partial charge in [-0.15, -0.1) is 0 Å². The molecule has 13 aromatic rings. The molecule has 254 valence electrons. The Morgan fingerprint density at radius 2 is 1.09 bits per heavy atom. The molecule has 0 saturated heterocycles. The van der Waals surface area contributed by atoms with Crippen LogP contribution in [-0.2, 0) is 0 Å². The lowest BCUT2D eigenvalue weighted by Crippen LogP contribution is -1.96. The predicted octanol–water partition coefficient (Wildman–Crippen LogP) is 13.1. The number of para-hydroxylation sites is 3. The van der Waals surface area contributed by atoms with Crippen LogP contribution >= 0.6 is 0 Å². The summed E-state index contributed by atoms with van der Waals surface area (Å²) in [6.07, 6.45) is 0. The van der Waals surface area contributed by atoms with E-state index >= 15 is 0 Å². The van der Waals surface area contributed by atoms with Gasteiger partial charge in [-0.2, -0.15) is 0 Å². The van der Waals surface area contributed by atoms with Crippen LogP contribution in [0.3, 0.4) is 0 Å². The Bertz CT molecular complexity index is 3700. The average molecular weight is 701 g/mol. The van der Waals surface area contributed by atoms with Crippen molar-refractivity contribution in [1.29, 1.82) is 0 Å². The number of hydrogen-bond acceptors (Lipinski definition) is 3. The minimum Gasteiger partial charge on any atom is -0.452 e. The van der Waals surface area contributed by atoms with Crippen molar-refractivity contribution < 1.29 is 4.42 Å².